The highest BCUT2D eigenvalue weighted by atomic mass is 32.1. The first-order valence-corrected chi connectivity index (χ1v) is 7.37. The van der Waals surface area contributed by atoms with Crippen molar-refractivity contribution in [1.29, 1.82) is 0 Å². The fraction of sp³-hybridized carbons (Fsp3) is 0.200. The van der Waals surface area contributed by atoms with E-state index in [0.29, 0.717) is 6.42 Å². The molecule has 4 rings (SSSR count). The lowest BCUT2D eigenvalue weighted by molar-refractivity contribution is -0.116. The Balaban J connectivity index is 1.92. The summed E-state index contributed by atoms with van der Waals surface area (Å²) in [6.07, 6.45) is 2.31. The van der Waals surface area contributed by atoms with Gasteiger partial charge in [0.05, 0.1) is 6.20 Å². The van der Waals surface area contributed by atoms with E-state index in [1.165, 1.54) is 20.5 Å². The van der Waals surface area contributed by atoms with Gasteiger partial charge in [0, 0.05) is 27.5 Å². The summed E-state index contributed by atoms with van der Waals surface area (Å²) in [6.45, 7) is 2.14. The van der Waals surface area contributed by atoms with Crippen LogP contribution in [0.3, 0.4) is 0 Å². The Morgan fingerprint density at radius 1 is 1.35 bits per heavy atom. The Kier molecular flexibility index (Phi) is 2.44. The molecule has 4 nitrogen and oxygen atoms in total. The summed E-state index contributed by atoms with van der Waals surface area (Å²) in [5.41, 5.74) is 2.36. The molecule has 1 aliphatic heterocycles. The van der Waals surface area contributed by atoms with Crippen LogP contribution in [0.2, 0.25) is 0 Å². The summed E-state index contributed by atoms with van der Waals surface area (Å²) in [7, 11) is 0. The van der Waals surface area contributed by atoms with Crippen molar-refractivity contribution in [3.05, 3.63) is 46.5 Å². The SMILES string of the molecule is Cc1c([C@@H]2CC(=O)Nc3[nH]ncc32)sc2ccccc12. The van der Waals surface area contributed by atoms with E-state index in [0.717, 1.165) is 11.4 Å². The van der Waals surface area contributed by atoms with E-state index in [2.05, 4.69) is 46.7 Å². The summed E-state index contributed by atoms with van der Waals surface area (Å²) in [6, 6.07) is 8.39. The third kappa shape index (κ3) is 1.59. The van der Waals surface area contributed by atoms with Gasteiger partial charge in [-0.1, -0.05) is 18.2 Å². The average molecular weight is 283 g/mol. The van der Waals surface area contributed by atoms with Crippen LogP contribution >= 0.6 is 11.3 Å². The monoisotopic (exact) mass is 283 g/mol. The van der Waals surface area contributed by atoms with Crippen molar-refractivity contribution in [3.8, 4) is 0 Å². The summed E-state index contributed by atoms with van der Waals surface area (Å²) < 4.78 is 1.27. The number of carbonyl (C=O) groups excluding carboxylic acids is 1. The first kappa shape index (κ1) is 11.7. The van der Waals surface area contributed by atoms with Crippen molar-refractivity contribution in [2.45, 2.75) is 19.3 Å². The highest BCUT2D eigenvalue weighted by Gasteiger charge is 2.30. The first-order chi connectivity index (χ1) is 9.74. The maximum atomic E-state index is 11.9. The molecular formula is C15H13N3OS. The molecule has 0 aliphatic carbocycles. The van der Waals surface area contributed by atoms with Crippen LogP contribution in [0.15, 0.2) is 30.5 Å². The van der Waals surface area contributed by atoms with Crippen molar-refractivity contribution >= 4 is 33.1 Å². The Morgan fingerprint density at radius 3 is 3.05 bits per heavy atom. The Bertz CT molecular complexity index is 818. The van der Waals surface area contributed by atoms with Crippen molar-refractivity contribution in [2.75, 3.05) is 5.32 Å². The highest BCUT2D eigenvalue weighted by Crippen LogP contribution is 2.43. The molecule has 1 aliphatic rings. The predicted molar refractivity (Wildman–Crippen MR) is 80.2 cm³/mol. The first-order valence-electron chi connectivity index (χ1n) is 6.55. The average Bonchev–Trinajstić information content (AvgIpc) is 3.03. The van der Waals surface area contributed by atoms with Crippen molar-refractivity contribution in [3.63, 3.8) is 0 Å². The highest BCUT2D eigenvalue weighted by molar-refractivity contribution is 7.19. The van der Waals surface area contributed by atoms with E-state index in [9.17, 15) is 4.79 Å². The number of rotatable bonds is 1. The van der Waals surface area contributed by atoms with Gasteiger partial charge in [0.15, 0.2) is 0 Å². The molecule has 3 heterocycles. The minimum Gasteiger partial charge on any atom is -0.311 e. The van der Waals surface area contributed by atoms with Crippen LogP contribution in [-0.2, 0) is 4.79 Å². The topological polar surface area (TPSA) is 57.8 Å². The van der Waals surface area contributed by atoms with Crippen LogP contribution in [0, 0.1) is 6.92 Å². The molecule has 0 saturated carbocycles. The maximum Gasteiger partial charge on any atom is 0.226 e. The lowest BCUT2D eigenvalue weighted by Crippen LogP contribution is -2.22. The van der Waals surface area contributed by atoms with Crippen molar-refractivity contribution in [2.24, 2.45) is 0 Å². The second kappa shape index (κ2) is 4.18. The molecule has 0 unspecified atom stereocenters. The zero-order chi connectivity index (χ0) is 13.7. The van der Waals surface area contributed by atoms with Crippen LogP contribution in [0.5, 0.6) is 0 Å². The number of hydrogen-bond acceptors (Lipinski definition) is 3. The number of nitrogens with zero attached hydrogens (tertiary/aromatic N) is 1. The van der Waals surface area contributed by atoms with Gasteiger partial charge in [-0.05, 0) is 23.9 Å². The van der Waals surface area contributed by atoms with Crippen LogP contribution in [-0.4, -0.2) is 16.1 Å². The van der Waals surface area contributed by atoms with Crippen LogP contribution in [0.1, 0.15) is 28.3 Å². The number of aromatic amines is 1. The van der Waals surface area contributed by atoms with Crippen LogP contribution in [0.4, 0.5) is 5.82 Å². The Morgan fingerprint density at radius 2 is 2.20 bits per heavy atom. The van der Waals surface area contributed by atoms with Gasteiger partial charge in [-0.15, -0.1) is 11.3 Å². The maximum absolute atomic E-state index is 11.9. The second-order valence-electron chi connectivity index (χ2n) is 5.09. The van der Waals surface area contributed by atoms with Crippen molar-refractivity contribution < 1.29 is 4.79 Å². The number of hydrogen-bond donors (Lipinski definition) is 2. The number of amides is 1. The number of nitrogens with one attached hydrogen (secondary N) is 2. The molecule has 1 aromatic carbocycles. The fourth-order valence-corrected chi connectivity index (χ4v) is 4.24. The minimum absolute atomic E-state index is 0.0450. The number of aromatic nitrogens is 2. The normalized spacial score (nSPS) is 18.1. The van der Waals surface area contributed by atoms with Gasteiger partial charge in [0.2, 0.25) is 5.91 Å². The van der Waals surface area contributed by atoms with Gasteiger partial charge in [-0.2, -0.15) is 5.10 Å². The van der Waals surface area contributed by atoms with E-state index in [1.807, 2.05) is 6.20 Å². The number of H-pyrrole nitrogens is 1. The molecule has 0 radical (unpaired) electrons. The van der Waals surface area contributed by atoms with E-state index >= 15 is 0 Å². The zero-order valence-corrected chi connectivity index (χ0v) is 11.8. The second-order valence-corrected chi connectivity index (χ2v) is 6.18. The Labute approximate surface area is 119 Å². The van der Waals surface area contributed by atoms with Gasteiger partial charge in [0.1, 0.15) is 5.82 Å². The van der Waals surface area contributed by atoms with E-state index in [-0.39, 0.29) is 11.8 Å². The molecule has 0 spiro atoms. The molecule has 20 heavy (non-hydrogen) atoms. The smallest absolute Gasteiger partial charge is 0.226 e. The minimum atomic E-state index is 0.0450. The molecule has 2 aromatic heterocycles. The van der Waals surface area contributed by atoms with Gasteiger partial charge >= 0.3 is 0 Å². The van der Waals surface area contributed by atoms with Gasteiger partial charge in [-0.25, -0.2) is 0 Å². The molecule has 0 saturated heterocycles. The van der Waals surface area contributed by atoms with Gasteiger partial charge < -0.3 is 5.32 Å². The molecule has 1 amide bonds. The fourth-order valence-electron chi connectivity index (χ4n) is 2.91. The van der Waals surface area contributed by atoms with E-state index in [4.69, 9.17) is 0 Å². The number of anilines is 1. The number of aryl methyl sites for hydroxylation is 1. The quantitative estimate of drug-likeness (QED) is 0.719. The molecule has 3 aromatic rings. The molecular weight excluding hydrogens is 270 g/mol. The summed E-state index contributed by atoms with van der Waals surface area (Å²) in [5, 5.41) is 11.0. The summed E-state index contributed by atoms with van der Waals surface area (Å²) in [4.78, 5) is 13.1. The third-order valence-electron chi connectivity index (χ3n) is 3.90. The van der Waals surface area contributed by atoms with Crippen molar-refractivity contribution in [1.82, 2.24) is 10.2 Å². The molecule has 5 heteroatoms. The molecule has 0 fully saturated rings. The molecule has 0 bridgehead atoms. The number of thiophene rings is 1. The number of fused-ring (bicyclic) bond motifs is 2. The summed E-state index contributed by atoms with van der Waals surface area (Å²) in [5.74, 6) is 0.890. The zero-order valence-electron chi connectivity index (χ0n) is 10.9. The van der Waals surface area contributed by atoms with Crippen LogP contribution < -0.4 is 5.32 Å². The number of benzene rings is 1. The predicted octanol–water partition coefficient (Wildman–Crippen LogP) is 3.41. The van der Waals surface area contributed by atoms with E-state index in [1.54, 1.807) is 11.3 Å². The van der Waals surface area contributed by atoms with E-state index < -0.39 is 0 Å². The van der Waals surface area contributed by atoms with Gasteiger partial charge in [-0.3, -0.25) is 9.89 Å². The standard InChI is InChI=1S/C15H13N3OS/c1-8-9-4-2-3-5-12(9)20-14(8)10-6-13(19)17-15-11(10)7-16-18-15/h2-5,7,10H,6H2,1H3,(H2,16,17,18,19)/t10-/m1/s1. The summed E-state index contributed by atoms with van der Waals surface area (Å²) >= 11 is 1.78. The molecule has 1 atom stereocenters. The molecule has 2 N–H and O–H groups in total. The largest absolute Gasteiger partial charge is 0.311 e. The lowest BCUT2D eigenvalue weighted by atomic mass is 9.90. The lowest BCUT2D eigenvalue weighted by Gasteiger charge is -2.21. The Hall–Kier alpha value is -2.14. The third-order valence-corrected chi connectivity index (χ3v) is 5.28. The van der Waals surface area contributed by atoms with Crippen LogP contribution in [0.25, 0.3) is 10.1 Å². The van der Waals surface area contributed by atoms with Gasteiger partial charge in [0.25, 0.3) is 0 Å². The number of carbonyl (C=O) groups is 1. The molecule has 100 valence electrons.